The van der Waals surface area contributed by atoms with Gasteiger partial charge in [-0.25, -0.2) is 0 Å². The molecule has 3 heteroatoms. The number of hydrogen-bond acceptors (Lipinski definition) is 2. The van der Waals surface area contributed by atoms with Gasteiger partial charge in [-0.3, -0.25) is 0 Å². The molecule has 1 heterocycles. The standard InChI is InChI=1S/C16H26N2.ClH/c1-16(2,3)15(17)13-7-9-14(10-8-13)18-11-5-4-6-12-18;/h7-10,15H,4-6,11-12,17H2,1-3H3;1H/t15-;/m1./s1. The average Bonchev–Trinajstić information content (AvgIpc) is 2.38. The normalized spacial score (nSPS) is 17.8. The number of anilines is 1. The van der Waals surface area contributed by atoms with Crippen LogP contribution in [0, 0.1) is 5.41 Å². The fourth-order valence-corrected chi connectivity index (χ4v) is 2.54. The molecule has 0 bridgehead atoms. The molecule has 2 rings (SSSR count). The monoisotopic (exact) mass is 282 g/mol. The first-order valence-electron chi connectivity index (χ1n) is 7.09. The lowest BCUT2D eigenvalue weighted by molar-refractivity contribution is 0.327. The van der Waals surface area contributed by atoms with Crippen LogP contribution in [0.2, 0.25) is 0 Å². The van der Waals surface area contributed by atoms with Crippen molar-refractivity contribution in [1.82, 2.24) is 0 Å². The van der Waals surface area contributed by atoms with Crippen LogP contribution in [0.15, 0.2) is 24.3 Å². The van der Waals surface area contributed by atoms with Crippen molar-refractivity contribution in [3.63, 3.8) is 0 Å². The molecule has 2 N–H and O–H groups in total. The van der Waals surface area contributed by atoms with Crippen molar-refractivity contribution in [3.8, 4) is 0 Å². The van der Waals surface area contributed by atoms with Crippen LogP contribution < -0.4 is 10.6 Å². The summed E-state index contributed by atoms with van der Waals surface area (Å²) in [5.41, 5.74) is 8.99. The summed E-state index contributed by atoms with van der Waals surface area (Å²) < 4.78 is 0. The van der Waals surface area contributed by atoms with E-state index in [2.05, 4.69) is 49.9 Å². The molecule has 108 valence electrons. The van der Waals surface area contributed by atoms with E-state index in [0.29, 0.717) is 0 Å². The highest BCUT2D eigenvalue weighted by Crippen LogP contribution is 2.31. The topological polar surface area (TPSA) is 29.3 Å². The van der Waals surface area contributed by atoms with Crippen molar-refractivity contribution in [3.05, 3.63) is 29.8 Å². The van der Waals surface area contributed by atoms with Gasteiger partial charge in [-0.2, -0.15) is 0 Å². The molecule has 1 aromatic rings. The summed E-state index contributed by atoms with van der Waals surface area (Å²) in [5, 5.41) is 0. The third-order valence-corrected chi connectivity index (χ3v) is 3.91. The zero-order valence-electron chi connectivity index (χ0n) is 12.4. The lowest BCUT2D eigenvalue weighted by atomic mass is 9.83. The molecule has 0 amide bonds. The van der Waals surface area contributed by atoms with Crippen LogP contribution in [0.5, 0.6) is 0 Å². The van der Waals surface area contributed by atoms with Gasteiger partial charge in [0, 0.05) is 24.8 Å². The number of rotatable bonds is 2. The molecule has 0 unspecified atom stereocenters. The Morgan fingerprint density at radius 2 is 1.53 bits per heavy atom. The molecule has 1 saturated heterocycles. The Morgan fingerprint density at radius 3 is 2.00 bits per heavy atom. The van der Waals surface area contributed by atoms with Gasteiger partial charge >= 0.3 is 0 Å². The predicted octanol–water partition coefficient (Wildman–Crippen LogP) is 4.14. The van der Waals surface area contributed by atoms with Crippen molar-refractivity contribution < 1.29 is 0 Å². The van der Waals surface area contributed by atoms with Gasteiger partial charge in [0.1, 0.15) is 0 Å². The molecule has 19 heavy (non-hydrogen) atoms. The fourth-order valence-electron chi connectivity index (χ4n) is 2.54. The van der Waals surface area contributed by atoms with E-state index in [9.17, 15) is 0 Å². The molecule has 0 radical (unpaired) electrons. The van der Waals surface area contributed by atoms with Crippen LogP contribution in [0.4, 0.5) is 5.69 Å². The summed E-state index contributed by atoms with van der Waals surface area (Å²) >= 11 is 0. The molecule has 0 aliphatic carbocycles. The molecule has 1 aliphatic heterocycles. The van der Waals surface area contributed by atoms with Gasteiger partial charge in [-0.05, 0) is 42.4 Å². The van der Waals surface area contributed by atoms with E-state index in [1.807, 2.05) is 0 Å². The Morgan fingerprint density at radius 1 is 1.00 bits per heavy atom. The minimum atomic E-state index is 0. The smallest absolute Gasteiger partial charge is 0.0366 e. The Bertz CT molecular complexity index is 375. The largest absolute Gasteiger partial charge is 0.372 e. The number of piperidine rings is 1. The van der Waals surface area contributed by atoms with Gasteiger partial charge in [0.2, 0.25) is 0 Å². The van der Waals surface area contributed by atoms with E-state index >= 15 is 0 Å². The Labute approximate surface area is 123 Å². The number of nitrogens with zero attached hydrogens (tertiary/aromatic N) is 1. The maximum absolute atomic E-state index is 6.29. The van der Waals surface area contributed by atoms with Crippen molar-refractivity contribution >= 4 is 18.1 Å². The zero-order chi connectivity index (χ0) is 13.2. The summed E-state index contributed by atoms with van der Waals surface area (Å²) in [5.74, 6) is 0. The Kier molecular flexibility index (Phi) is 5.69. The highest BCUT2D eigenvalue weighted by molar-refractivity contribution is 5.85. The Hall–Kier alpha value is -0.730. The summed E-state index contributed by atoms with van der Waals surface area (Å²) in [4.78, 5) is 2.48. The third kappa shape index (κ3) is 4.12. The number of benzene rings is 1. The van der Waals surface area contributed by atoms with Gasteiger partial charge in [-0.15, -0.1) is 12.4 Å². The molecule has 1 aliphatic rings. The second-order valence-corrected chi connectivity index (χ2v) is 6.48. The molecule has 1 fully saturated rings. The fraction of sp³-hybridized carbons (Fsp3) is 0.625. The lowest BCUT2D eigenvalue weighted by Gasteiger charge is -2.30. The van der Waals surface area contributed by atoms with Crippen LogP contribution in [0.1, 0.15) is 51.6 Å². The van der Waals surface area contributed by atoms with Crippen LogP contribution in [0.3, 0.4) is 0 Å². The number of halogens is 1. The van der Waals surface area contributed by atoms with Gasteiger partial charge in [0.25, 0.3) is 0 Å². The predicted molar refractivity (Wildman–Crippen MR) is 86.1 cm³/mol. The van der Waals surface area contributed by atoms with Crippen LogP contribution in [-0.4, -0.2) is 13.1 Å². The van der Waals surface area contributed by atoms with Crippen LogP contribution >= 0.6 is 12.4 Å². The number of nitrogens with two attached hydrogens (primary N) is 1. The molecule has 1 atom stereocenters. The average molecular weight is 283 g/mol. The van der Waals surface area contributed by atoms with Crippen molar-refractivity contribution in [1.29, 1.82) is 0 Å². The van der Waals surface area contributed by atoms with E-state index in [1.165, 1.54) is 43.6 Å². The lowest BCUT2D eigenvalue weighted by Crippen LogP contribution is -2.29. The molecular formula is C16H27ClN2. The second-order valence-electron chi connectivity index (χ2n) is 6.48. The van der Waals surface area contributed by atoms with Crippen molar-refractivity contribution in [2.24, 2.45) is 11.1 Å². The summed E-state index contributed by atoms with van der Waals surface area (Å²) in [6, 6.07) is 8.95. The minimum Gasteiger partial charge on any atom is -0.372 e. The van der Waals surface area contributed by atoms with E-state index in [1.54, 1.807) is 0 Å². The van der Waals surface area contributed by atoms with Crippen molar-refractivity contribution in [2.45, 2.75) is 46.1 Å². The molecular weight excluding hydrogens is 256 g/mol. The van der Waals surface area contributed by atoms with E-state index in [-0.39, 0.29) is 23.9 Å². The summed E-state index contributed by atoms with van der Waals surface area (Å²) in [6.07, 6.45) is 4.02. The molecule has 1 aromatic carbocycles. The van der Waals surface area contributed by atoms with Crippen molar-refractivity contribution in [2.75, 3.05) is 18.0 Å². The molecule has 0 saturated carbocycles. The van der Waals surface area contributed by atoms with Gasteiger partial charge < -0.3 is 10.6 Å². The molecule has 0 spiro atoms. The van der Waals surface area contributed by atoms with Gasteiger partial charge in [-0.1, -0.05) is 32.9 Å². The highest BCUT2D eigenvalue weighted by Gasteiger charge is 2.22. The first-order valence-corrected chi connectivity index (χ1v) is 7.09. The number of hydrogen-bond donors (Lipinski definition) is 1. The maximum atomic E-state index is 6.29. The summed E-state index contributed by atoms with van der Waals surface area (Å²) in [7, 11) is 0. The van der Waals surface area contributed by atoms with Crippen LogP contribution in [-0.2, 0) is 0 Å². The highest BCUT2D eigenvalue weighted by atomic mass is 35.5. The maximum Gasteiger partial charge on any atom is 0.0366 e. The SMILES string of the molecule is CC(C)(C)[C@H](N)c1ccc(N2CCCCC2)cc1.Cl. The third-order valence-electron chi connectivity index (χ3n) is 3.91. The van der Waals surface area contributed by atoms with E-state index < -0.39 is 0 Å². The quantitative estimate of drug-likeness (QED) is 0.883. The van der Waals surface area contributed by atoms with E-state index in [0.717, 1.165) is 0 Å². The zero-order valence-corrected chi connectivity index (χ0v) is 13.2. The Balaban J connectivity index is 0.00000180. The van der Waals surface area contributed by atoms with Crippen LogP contribution in [0.25, 0.3) is 0 Å². The first kappa shape index (κ1) is 16.3. The van der Waals surface area contributed by atoms with Gasteiger partial charge in [0.15, 0.2) is 0 Å². The minimum absolute atomic E-state index is 0. The molecule has 0 aromatic heterocycles. The molecule has 2 nitrogen and oxygen atoms in total. The summed E-state index contributed by atoms with van der Waals surface area (Å²) in [6.45, 7) is 8.97. The second kappa shape index (κ2) is 6.62. The van der Waals surface area contributed by atoms with Gasteiger partial charge in [0.05, 0.1) is 0 Å². The van der Waals surface area contributed by atoms with E-state index in [4.69, 9.17) is 5.73 Å². The first-order chi connectivity index (χ1) is 8.48.